The number of carbonyl (C=O) groups excluding carboxylic acids is 3. The molecule has 0 aromatic carbocycles. The van der Waals surface area contributed by atoms with E-state index in [9.17, 15) is 14.4 Å². The van der Waals surface area contributed by atoms with Gasteiger partial charge in [-0.3, -0.25) is 14.4 Å². The first kappa shape index (κ1) is 63.8. The van der Waals surface area contributed by atoms with E-state index >= 15 is 0 Å². The van der Waals surface area contributed by atoms with Crippen molar-refractivity contribution >= 4 is 17.9 Å². The van der Waals surface area contributed by atoms with Crippen molar-refractivity contribution in [3.8, 4) is 0 Å². The maximum absolute atomic E-state index is 12.8. The average molecular weight is 936 g/mol. The van der Waals surface area contributed by atoms with Crippen molar-refractivity contribution in [2.75, 3.05) is 13.2 Å². The molecule has 0 aliphatic carbocycles. The third kappa shape index (κ3) is 53.7. The van der Waals surface area contributed by atoms with E-state index in [1.165, 1.54) is 128 Å². The van der Waals surface area contributed by atoms with Gasteiger partial charge >= 0.3 is 17.9 Å². The summed E-state index contributed by atoms with van der Waals surface area (Å²) in [6.07, 6.45) is 70.6. The van der Waals surface area contributed by atoms with E-state index in [1.54, 1.807) is 0 Å². The van der Waals surface area contributed by atoms with Crippen LogP contribution in [0.4, 0.5) is 0 Å². The molecular formula is C61H106O6. The monoisotopic (exact) mass is 935 g/mol. The second-order valence-electron chi connectivity index (χ2n) is 18.8. The fourth-order valence-electron chi connectivity index (χ4n) is 7.92. The van der Waals surface area contributed by atoms with Crippen LogP contribution in [0.3, 0.4) is 0 Å². The normalized spacial score (nSPS) is 12.6. The number of carbonyl (C=O) groups is 3. The van der Waals surface area contributed by atoms with Gasteiger partial charge in [0.2, 0.25) is 0 Å². The van der Waals surface area contributed by atoms with Gasteiger partial charge in [0.1, 0.15) is 13.2 Å². The van der Waals surface area contributed by atoms with E-state index in [-0.39, 0.29) is 31.1 Å². The van der Waals surface area contributed by atoms with Crippen molar-refractivity contribution in [3.05, 3.63) is 72.9 Å². The van der Waals surface area contributed by atoms with Crippen LogP contribution in [0.2, 0.25) is 0 Å². The van der Waals surface area contributed by atoms with Crippen LogP contribution < -0.4 is 0 Å². The average Bonchev–Trinajstić information content (AvgIpc) is 3.33. The summed E-state index contributed by atoms with van der Waals surface area (Å²) in [6, 6.07) is 0. The zero-order valence-corrected chi connectivity index (χ0v) is 44.2. The molecule has 0 heterocycles. The summed E-state index contributed by atoms with van der Waals surface area (Å²) in [4.78, 5) is 37.9. The molecule has 0 aromatic heterocycles. The Balaban J connectivity index is 4.14. The molecule has 0 saturated heterocycles. The predicted molar refractivity (Wildman–Crippen MR) is 288 cm³/mol. The topological polar surface area (TPSA) is 78.9 Å². The Morgan fingerprint density at radius 3 is 0.955 bits per heavy atom. The van der Waals surface area contributed by atoms with E-state index in [1.807, 2.05) is 0 Å². The van der Waals surface area contributed by atoms with Gasteiger partial charge in [-0.2, -0.15) is 0 Å². The minimum Gasteiger partial charge on any atom is -0.462 e. The minimum atomic E-state index is -0.778. The number of allylic oxidation sites excluding steroid dienone is 12. The number of unbranched alkanes of at least 4 members (excludes halogenated alkanes) is 28. The molecular weight excluding hydrogens is 829 g/mol. The maximum atomic E-state index is 12.8. The maximum Gasteiger partial charge on any atom is 0.306 e. The highest BCUT2D eigenvalue weighted by Gasteiger charge is 2.19. The zero-order chi connectivity index (χ0) is 48.6. The van der Waals surface area contributed by atoms with Crippen molar-refractivity contribution in [2.45, 2.75) is 284 Å². The van der Waals surface area contributed by atoms with Crippen LogP contribution >= 0.6 is 0 Å². The highest BCUT2D eigenvalue weighted by Crippen LogP contribution is 2.16. The fourth-order valence-corrected chi connectivity index (χ4v) is 7.92. The van der Waals surface area contributed by atoms with Crippen LogP contribution in [0.1, 0.15) is 278 Å². The van der Waals surface area contributed by atoms with Crippen molar-refractivity contribution in [3.63, 3.8) is 0 Å². The van der Waals surface area contributed by atoms with E-state index in [4.69, 9.17) is 14.2 Å². The van der Waals surface area contributed by atoms with Gasteiger partial charge in [0.05, 0.1) is 0 Å². The molecule has 0 fully saturated rings. The zero-order valence-electron chi connectivity index (χ0n) is 44.2. The SMILES string of the molecule is CC/C=C\C/C=C\C/C=C\C/C=C\CCCCCCCCCCCCCCCCC(=O)OCC(COC(=O)CCCCCCCCCC)OC(=O)CCCCCCC/C=C\C/C=C\CCCC. The number of esters is 3. The van der Waals surface area contributed by atoms with Crippen LogP contribution in [0.25, 0.3) is 0 Å². The first-order chi connectivity index (χ1) is 33.0. The summed E-state index contributed by atoms with van der Waals surface area (Å²) in [5, 5.41) is 0. The summed E-state index contributed by atoms with van der Waals surface area (Å²) in [6.45, 7) is 6.46. The van der Waals surface area contributed by atoms with Crippen molar-refractivity contribution < 1.29 is 28.6 Å². The molecule has 386 valence electrons. The highest BCUT2D eigenvalue weighted by atomic mass is 16.6. The molecule has 0 amide bonds. The molecule has 1 atom stereocenters. The second kappa shape index (κ2) is 55.4. The van der Waals surface area contributed by atoms with Crippen LogP contribution in [-0.4, -0.2) is 37.2 Å². The van der Waals surface area contributed by atoms with Gasteiger partial charge < -0.3 is 14.2 Å². The Labute approximate surface area is 414 Å². The van der Waals surface area contributed by atoms with Gasteiger partial charge in [0.25, 0.3) is 0 Å². The molecule has 6 nitrogen and oxygen atoms in total. The Morgan fingerprint density at radius 1 is 0.313 bits per heavy atom. The summed E-state index contributed by atoms with van der Waals surface area (Å²) in [7, 11) is 0. The van der Waals surface area contributed by atoms with Gasteiger partial charge in [-0.25, -0.2) is 0 Å². The van der Waals surface area contributed by atoms with Crippen LogP contribution in [0, 0.1) is 0 Å². The molecule has 0 spiro atoms. The van der Waals surface area contributed by atoms with Crippen LogP contribution in [0.5, 0.6) is 0 Å². The quantitative estimate of drug-likeness (QED) is 0.0262. The lowest BCUT2D eigenvalue weighted by Crippen LogP contribution is -2.30. The molecule has 0 bridgehead atoms. The molecule has 0 aliphatic heterocycles. The number of hydrogen-bond donors (Lipinski definition) is 0. The Kier molecular flexibility index (Phi) is 52.8. The molecule has 0 aromatic rings. The largest absolute Gasteiger partial charge is 0.462 e. The van der Waals surface area contributed by atoms with Gasteiger partial charge in [-0.1, -0.05) is 248 Å². The second-order valence-corrected chi connectivity index (χ2v) is 18.8. The summed E-state index contributed by atoms with van der Waals surface area (Å²) >= 11 is 0. The molecule has 67 heavy (non-hydrogen) atoms. The number of ether oxygens (including phenoxy) is 3. The Morgan fingerprint density at radius 2 is 0.597 bits per heavy atom. The molecule has 0 saturated carbocycles. The number of hydrogen-bond acceptors (Lipinski definition) is 6. The molecule has 6 heteroatoms. The van der Waals surface area contributed by atoms with E-state index < -0.39 is 6.10 Å². The highest BCUT2D eigenvalue weighted by molar-refractivity contribution is 5.71. The molecule has 0 rings (SSSR count). The third-order valence-corrected chi connectivity index (χ3v) is 12.2. The summed E-state index contributed by atoms with van der Waals surface area (Å²) < 4.78 is 16.8. The molecule has 1 unspecified atom stereocenters. The smallest absolute Gasteiger partial charge is 0.306 e. The third-order valence-electron chi connectivity index (χ3n) is 12.2. The summed E-state index contributed by atoms with van der Waals surface area (Å²) in [5.41, 5.74) is 0. The Bertz CT molecular complexity index is 1260. The molecule has 0 N–H and O–H groups in total. The van der Waals surface area contributed by atoms with Crippen molar-refractivity contribution in [2.24, 2.45) is 0 Å². The van der Waals surface area contributed by atoms with E-state index in [0.717, 1.165) is 109 Å². The predicted octanol–water partition coefficient (Wildman–Crippen LogP) is 19.0. The van der Waals surface area contributed by atoms with Crippen LogP contribution in [-0.2, 0) is 28.6 Å². The van der Waals surface area contributed by atoms with Crippen LogP contribution in [0.15, 0.2) is 72.9 Å². The number of rotatable bonds is 51. The van der Waals surface area contributed by atoms with Crippen molar-refractivity contribution in [1.29, 1.82) is 0 Å². The van der Waals surface area contributed by atoms with Crippen molar-refractivity contribution in [1.82, 2.24) is 0 Å². The van der Waals surface area contributed by atoms with Gasteiger partial charge in [0.15, 0.2) is 6.10 Å². The Hall–Kier alpha value is -3.15. The first-order valence-corrected chi connectivity index (χ1v) is 28.4. The lowest BCUT2D eigenvalue weighted by molar-refractivity contribution is -0.167. The van der Waals surface area contributed by atoms with Gasteiger partial charge in [-0.15, -0.1) is 0 Å². The van der Waals surface area contributed by atoms with E-state index in [0.29, 0.717) is 19.3 Å². The fraction of sp³-hybridized carbons (Fsp3) is 0.754. The standard InChI is InChI=1S/C61H106O6/c1-4-7-10-13-16-19-21-23-25-26-27-28-29-30-31-32-33-34-35-36-37-39-40-42-45-48-51-54-60(63)66-57-58(56-65-59(62)53-50-47-44-18-15-12-9-6-3)67-61(64)55-52-49-46-43-41-38-24-22-20-17-14-11-8-5-2/h7,10,14,16-17,19,22-25,27-28,58H,4-6,8-9,11-13,15,18,20-21,26,29-57H2,1-3H3/b10-7-,17-14-,19-16-,24-22-,25-23-,28-27-. The minimum absolute atomic E-state index is 0.0787. The molecule has 0 aliphatic rings. The first-order valence-electron chi connectivity index (χ1n) is 28.4. The summed E-state index contributed by atoms with van der Waals surface area (Å²) in [5.74, 6) is -0.891. The molecule has 0 radical (unpaired) electrons. The lowest BCUT2D eigenvalue weighted by Gasteiger charge is -2.18. The van der Waals surface area contributed by atoms with Gasteiger partial charge in [-0.05, 0) is 83.5 Å². The lowest BCUT2D eigenvalue weighted by atomic mass is 10.0. The van der Waals surface area contributed by atoms with Gasteiger partial charge in [0, 0.05) is 19.3 Å². The van der Waals surface area contributed by atoms with E-state index in [2.05, 4.69) is 93.7 Å².